The van der Waals surface area contributed by atoms with Crippen LogP contribution in [-0.4, -0.2) is 30.2 Å². The number of hydrogen-bond donors (Lipinski definition) is 1. The van der Waals surface area contributed by atoms with Crippen molar-refractivity contribution >= 4 is 0 Å². The third kappa shape index (κ3) is 4.43. The highest BCUT2D eigenvalue weighted by Crippen LogP contribution is 2.12. The molecule has 0 aliphatic carbocycles. The van der Waals surface area contributed by atoms with Crippen molar-refractivity contribution in [2.75, 3.05) is 13.1 Å². The maximum absolute atomic E-state index is 3.57. The zero-order valence-electron chi connectivity index (χ0n) is 10.8. The third-order valence-corrected chi connectivity index (χ3v) is 2.55. The molecule has 0 aromatic rings. The molecule has 1 unspecified atom stereocenters. The minimum absolute atomic E-state index is 0.528. The fraction of sp³-hybridized carbons (Fsp3) is 1.00. The zero-order valence-corrected chi connectivity index (χ0v) is 10.8. The van der Waals surface area contributed by atoms with E-state index >= 15 is 0 Å². The van der Waals surface area contributed by atoms with E-state index in [0.717, 1.165) is 6.54 Å². The molecule has 0 spiro atoms. The topological polar surface area (TPSA) is 15.3 Å². The molecule has 1 atom stereocenters. The Hall–Kier alpha value is -0.0800. The van der Waals surface area contributed by atoms with Crippen LogP contribution in [-0.2, 0) is 0 Å². The average Bonchev–Trinajstić information content (AvgIpc) is 2.10. The molecule has 0 fully saturated rings. The highest BCUT2D eigenvalue weighted by molar-refractivity contribution is 4.74. The van der Waals surface area contributed by atoms with Crippen molar-refractivity contribution in [3.05, 3.63) is 0 Å². The predicted molar refractivity (Wildman–Crippen MR) is 64.4 cm³/mol. The van der Waals surface area contributed by atoms with E-state index in [1.54, 1.807) is 0 Å². The van der Waals surface area contributed by atoms with E-state index in [4.69, 9.17) is 0 Å². The SMILES string of the molecule is CCCN(C(C)C)C(NCC)C(C)C. The van der Waals surface area contributed by atoms with Crippen LogP contribution >= 0.6 is 0 Å². The van der Waals surface area contributed by atoms with Crippen LogP contribution in [0.4, 0.5) is 0 Å². The van der Waals surface area contributed by atoms with Gasteiger partial charge in [-0.3, -0.25) is 4.90 Å². The predicted octanol–water partition coefficient (Wildman–Crippen LogP) is 2.70. The molecule has 86 valence electrons. The summed E-state index contributed by atoms with van der Waals surface area (Å²) in [5.41, 5.74) is 0. The van der Waals surface area contributed by atoms with Gasteiger partial charge in [0, 0.05) is 6.04 Å². The Labute approximate surface area is 90.1 Å². The van der Waals surface area contributed by atoms with Crippen molar-refractivity contribution in [3.63, 3.8) is 0 Å². The first-order valence-electron chi connectivity index (χ1n) is 6.03. The molecule has 14 heavy (non-hydrogen) atoms. The largest absolute Gasteiger partial charge is 0.302 e. The van der Waals surface area contributed by atoms with E-state index in [1.165, 1.54) is 13.0 Å². The van der Waals surface area contributed by atoms with E-state index in [-0.39, 0.29) is 0 Å². The summed E-state index contributed by atoms with van der Waals surface area (Å²) in [6.07, 6.45) is 1.76. The minimum Gasteiger partial charge on any atom is -0.302 e. The molecule has 0 aliphatic heterocycles. The van der Waals surface area contributed by atoms with Gasteiger partial charge in [-0.1, -0.05) is 27.7 Å². The van der Waals surface area contributed by atoms with Gasteiger partial charge in [-0.05, 0) is 39.3 Å². The molecule has 0 rings (SSSR count). The zero-order chi connectivity index (χ0) is 11.1. The quantitative estimate of drug-likeness (QED) is 0.636. The van der Waals surface area contributed by atoms with E-state index in [0.29, 0.717) is 18.1 Å². The Kier molecular flexibility index (Phi) is 7.20. The van der Waals surface area contributed by atoms with Crippen LogP contribution in [0.5, 0.6) is 0 Å². The molecule has 0 aromatic heterocycles. The molecule has 0 heterocycles. The molecule has 1 N–H and O–H groups in total. The molecule has 0 saturated heterocycles. The van der Waals surface area contributed by atoms with Crippen molar-refractivity contribution in [1.82, 2.24) is 10.2 Å². The van der Waals surface area contributed by atoms with Crippen LogP contribution in [0.15, 0.2) is 0 Å². The molecule has 2 heteroatoms. The summed E-state index contributed by atoms with van der Waals surface area (Å²) in [5.74, 6) is 0.670. The maximum Gasteiger partial charge on any atom is 0.0622 e. The van der Waals surface area contributed by atoms with E-state index in [1.807, 2.05) is 0 Å². The highest BCUT2D eigenvalue weighted by atomic mass is 15.3. The lowest BCUT2D eigenvalue weighted by molar-refractivity contribution is 0.0930. The first-order valence-corrected chi connectivity index (χ1v) is 6.03. The lowest BCUT2D eigenvalue weighted by atomic mass is 10.1. The highest BCUT2D eigenvalue weighted by Gasteiger charge is 2.21. The number of rotatable bonds is 7. The Balaban J connectivity index is 4.37. The summed E-state index contributed by atoms with van der Waals surface area (Å²) in [4.78, 5) is 2.56. The van der Waals surface area contributed by atoms with Gasteiger partial charge in [0.1, 0.15) is 0 Å². The molecule has 0 amide bonds. The lowest BCUT2D eigenvalue weighted by Crippen LogP contribution is -2.52. The van der Waals surface area contributed by atoms with Gasteiger partial charge >= 0.3 is 0 Å². The first-order chi connectivity index (χ1) is 6.54. The standard InChI is InChI=1S/C12H28N2/c1-7-9-14(11(5)6)12(10(3)4)13-8-2/h10-13H,7-9H2,1-6H3. The molecular formula is C12H28N2. The second kappa shape index (κ2) is 7.24. The smallest absolute Gasteiger partial charge is 0.0622 e. The molecule has 0 radical (unpaired) electrons. The van der Waals surface area contributed by atoms with Crippen molar-refractivity contribution in [3.8, 4) is 0 Å². The molecule has 0 aromatic carbocycles. The Morgan fingerprint density at radius 2 is 1.64 bits per heavy atom. The molecule has 0 aliphatic rings. The number of nitrogens with one attached hydrogen (secondary N) is 1. The van der Waals surface area contributed by atoms with Crippen molar-refractivity contribution in [2.24, 2.45) is 5.92 Å². The molecule has 0 bridgehead atoms. The normalized spacial score (nSPS) is 14.4. The van der Waals surface area contributed by atoms with E-state index in [9.17, 15) is 0 Å². The van der Waals surface area contributed by atoms with Gasteiger partial charge in [0.05, 0.1) is 6.17 Å². The van der Waals surface area contributed by atoms with Crippen LogP contribution in [0.25, 0.3) is 0 Å². The second-order valence-electron chi connectivity index (χ2n) is 4.58. The van der Waals surface area contributed by atoms with Crippen LogP contribution in [0.3, 0.4) is 0 Å². The Morgan fingerprint density at radius 1 is 1.07 bits per heavy atom. The fourth-order valence-electron chi connectivity index (χ4n) is 1.92. The van der Waals surface area contributed by atoms with Gasteiger partial charge in [-0.25, -0.2) is 0 Å². The van der Waals surface area contributed by atoms with Gasteiger partial charge in [0.25, 0.3) is 0 Å². The summed E-state index contributed by atoms with van der Waals surface area (Å²) in [5, 5.41) is 3.57. The summed E-state index contributed by atoms with van der Waals surface area (Å²) < 4.78 is 0. The van der Waals surface area contributed by atoms with Gasteiger partial charge in [-0.2, -0.15) is 0 Å². The monoisotopic (exact) mass is 200 g/mol. The Morgan fingerprint density at radius 3 is 1.93 bits per heavy atom. The van der Waals surface area contributed by atoms with Gasteiger partial charge < -0.3 is 5.32 Å². The van der Waals surface area contributed by atoms with Crippen molar-refractivity contribution < 1.29 is 0 Å². The van der Waals surface area contributed by atoms with Crippen LogP contribution in [0.1, 0.15) is 48.0 Å². The second-order valence-corrected chi connectivity index (χ2v) is 4.58. The van der Waals surface area contributed by atoms with Gasteiger partial charge in [-0.15, -0.1) is 0 Å². The van der Waals surface area contributed by atoms with Crippen LogP contribution in [0.2, 0.25) is 0 Å². The first kappa shape index (κ1) is 13.9. The summed E-state index contributed by atoms with van der Waals surface area (Å²) >= 11 is 0. The van der Waals surface area contributed by atoms with E-state index < -0.39 is 0 Å². The molecular weight excluding hydrogens is 172 g/mol. The maximum atomic E-state index is 3.57. The van der Waals surface area contributed by atoms with Crippen LogP contribution < -0.4 is 5.32 Å². The summed E-state index contributed by atoms with van der Waals surface area (Å²) in [6, 6.07) is 0.626. The molecule has 0 saturated carbocycles. The van der Waals surface area contributed by atoms with E-state index in [2.05, 4.69) is 51.8 Å². The number of nitrogens with zero attached hydrogens (tertiary/aromatic N) is 1. The molecule has 2 nitrogen and oxygen atoms in total. The van der Waals surface area contributed by atoms with Crippen molar-refractivity contribution in [2.45, 2.75) is 60.2 Å². The summed E-state index contributed by atoms with van der Waals surface area (Å²) in [6.45, 7) is 15.8. The minimum atomic E-state index is 0.528. The third-order valence-electron chi connectivity index (χ3n) is 2.55. The number of hydrogen-bond acceptors (Lipinski definition) is 2. The Bertz CT molecular complexity index is 116. The van der Waals surface area contributed by atoms with Crippen LogP contribution in [0, 0.1) is 5.92 Å². The summed E-state index contributed by atoms with van der Waals surface area (Å²) in [7, 11) is 0. The van der Waals surface area contributed by atoms with Gasteiger partial charge in [0.2, 0.25) is 0 Å². The fourth-order valence-corrected chi connectivity index (χ4v) is 1.92. The average molecular weight is 200 g/mol. The van der Waals surface area contributed by atoms with Crippen molar-refractivity contribution in [1.29, 1.82) is 0 Å². The lowest BCUT2D eigenvalue weighted by Gasteiger charge is -2.37. The van der Waals surface area contributed by atoms with Gasteiger partial charge in [0.15, 0.2) is 0 Å².